The van der Waals surface area contributed by atoms with Crippen LogP contribution < -0.4 is 0 Å². The number of hydrogen-bond acceptors (Lipinski definition) is 1. The Hall–Kier alpha value is -0.430. The van der Waals surface area contributed by atoms with E-state index in [4.69, 9.17) is 0 Å². The van der Waals surface area contributed by atoms with E-state index in [1.807, 2.05) is 6.92 Å². The smallest absolute Gasteiger partial charge is 0.00683 e. The molecule has 0 saturated carbocycles. The van der Waals surface area contributed by atoms with Gasteiger partial charge in [0, 0.05) is 4.91 Å². The first-order valence-electron chi connectivity index (χ1n) is 3.76. The van der Waals surface area contributed by atoms with Gasteiger partial charge in [-0.3, -0.25) is 0 Å². The number of thioether (sulfide) groups is 1. The minimum absolute atomic E-state index is 1.31. The molecule has 1 heteroatoms. The van der Waals surface area contributed by atoms with Crippen LogP contribution in [0.15, 0.2) is 34.8 Å². The molecule has 0 unspecified atom stereocenters. The Bertz CT molecular complexity index is 185. The molecule has 0 heterocycles. The fraction of sp³-hybridized carbons (Fsp3) is 0.400. The summed E-state index contributed by atoms with van der Waals surface area (Å²) in [6.07, 6.45) is 10.6. The van der Waals surface area contributed by atoms with Gasteiger partial charge in [0.15, 0.2) is 0 Å². The molecule has 0 aliphatic carbocycles. The minimum atomic E-state index is 1.31. The largest absolute Gasteiger partial charge is 0.130 e. The topological polar surface area (TPSA) is 0 Å². The molecule has 0 atom stereocenters. The van der Waals surface area contributed by atoms with Crippen molar-refractivity contribution < 1.29 is 0 Å². The quantitative estimate of drug-likeness (QED) is 0.578. The molecule has 0 radical (unpaired) electrons. The van der Waals surface area contributed by atoms with Crippen molar-refractivity contribution in [1.82, 2.24) is 0 Å². The van der Waals surface area contributed by atoms with Crippen LogP contribution >= 0.6 is 11.8 Å². The SMILES string of the molecule is C\C=C/C(=C\C(C)=C\C)SC. The van der Waals surface area contributed by atoms with Gasteiger partial charge in [0.2, 0.25) is 0 Å². The predicted octanol–water partition coefficient (Wildman–Crippen LogP) is 3.78. The molecule has 0 saturated heterocycles. The summed E-state index contributed by atoms with van der Waals surface area (Å²) in [4.78, 5) is 1.31. The summed E-state index contributed by atoms with van der Waals surface area (Å²) < 4.78 is 0. The zero-order chi connectivity index (χ0) is 8.69. The maximum Gasteiger partial charge on any atom is 0.00683 e. The lowest BCUT2D eigenvalue weighted by Crippen LogP contribution is -1.71. The van der Waals surface area contributed by atoms with Gasteiger partial charge >= 0.3 is 0 Å². The highest BCUT2D eigenvalue weighted by molar-refractivity contribution is 8.02. The average molecular weight is 168 g/mol. The highest BCUT2D eigenvalue weighted by Gasteiger charge is 1.87. The molecule has 0 fully saturated rings. The van der Waals surface area contributed by atoms with E-state index < -0.39 is 0 Å². The Morgan fingerprint density at radius 2 is 1.91 bits per heavy atom. The van der Waals surface area contributed by atoms with Crippen molar-refractivity contribution in [3.8, 4) is 0 Å². The lowest BCUT2D eigenvalue weighted by Gasteiger charge is -1.95. The van der Waals surface area contributed by atoms with Crippen molar-refractivity contribution in [1.29, 1.82) is 0 Å². The van der Waals surface area contributed by atoms with Gasteiger partial charge in [-0.2, -0.15) is 0 Å². The first-order valence-corrected chi connectivity index (χ1v) is 4.98. The van der Waals surface area contributed by atoms with E-state index in [0.29, 0.717) is 0 Å². The molecule has 0 aromatic carbocycles. The normalized spacial score (nSPS) is 14.5. The molecular weight excluding hydrogens is 152 g/mol. The van der Waals surface area contributed by atoms with Crippen molar-refractivity contribution >= 4 is 11.8 Å². The lowest BCUT2D eigenvalue weighted by atomic mass is 10.2. The van der Waals surface area contributed by atoms with E-state index in [1.165, 1.54) is 10.5 Å². The monoisotopic (exact) mass is 168 g/mol. The van der Waals surface area contributed by atoms with E-state index in [0.717, 1.165) is 0 Å². The van der Waals surface area contributed by atoms with Gasteiger partial charge in [-0.05, 0) is 33.1 Å². The minimum Gasteiger partial charge on any atom is -0.130 e. The molecule has 0 aliphatic heterocycles. The highest BCUT2D eigenvalue weighted by Crippen LogP contribution is 2.15. The molecule has 62 valence electrons. The Labute approximate surface area is 74.1 Å². The van der Waals surface area contributed by atoms with Gasteiger partial charge in [-0.15, -0.1) is 11.8 Å². The van der Waals surface area contributed by atoms with Gasteiger partial charge in [0.1, 0.15) is 0 Å². The molecule has 0 spiro atoms. The van der Waals surface area contributed by atoms with Crippen LogP contribution in [-0.4, -0.2) is 6.26 Å². The van der Waals surface area contributed by atoms with Crippen molar-refractivity contribution in [3.63, 3.8) is 0 Å². The average Bonchev–Trinajstić information content (AvgIpc) is 2.03. The molecule has 11 heavy (non-hydrogen) atoms. The second-order valence-electron chi connectivity index (χ2n) is 2.28. The van der Waals surface area contributed by atoms with Crippen LogP contribution in [0.1, 0.15) is 20.8 Å². The van der Waals surface area contributed by atoms with Gasteiger partial charge in [-0.25, -0.2) is 0 Å². The van der Waals surface area contributed by atoms with Crippen molar-refractivity contribution in [2.75, 3.05) is 6.26 Å². The van der Waals surface area contributed by atoms with E-state index in [9.17, 15) is 0 Å². The molecular formula is C10H16S. The molecule has 0 aromatic heterocycles. The maximum atomic E-state index is 2.19. The zero-order valence-electron chi connectivity index (χ0n) is 7.72. The third kappa shape index (κ3) is 4.91. The third-order valence-corrected chi connectivity index (χ3v) is 2.12. The first kappa shape index (κ1) is 10.6. The summed E-state index contributed by atoms with van der Waals surface area (Å²) in [7, 11) is 0. The molecule has 0 aromatic rings. The summed E-state index contributed by atoms with van der Waals surface area (Å²) in [6.45, 7) is 6.20. The lowest BCUT2D eigenvalue weighted by molar-refractivity contribution is 1.47. The summed E-state index contributed by atoms with van der Waals surface area (Å²) in [5.41, 5.74) is 1.31. The summed E-state index contributed by atoms with van der Waals surface area (Å²) in [5.74, 6) is 0. The van der Waals surface area contributed by atoms with E-state index in [-0.39, 0.29) is 0 Å². The fourth-order valence-corrected chi connectivity index (χ4v) is 1.22. The highest BCUT2D eigenvalue weighted by atomic mass is 32.2. The van der Waals surface area contributed by atoms with Crippen LogP contribution in [0.3, 0.4) is 0 Å². The Morgan fingerprint density at radius 3 is 2.27 bits per heavy atom. The third-order valence-electron chi connectivity index (χ3n) is 1.39. The van der Waals surface area contributed by atoms with Crippen LogP contribution in [0.5, 0.6) is 0 Å². The second-order valence-corrected chi connectivity index (χ2v) is 3.16. The Kier molecular flexibility index (Phi) is 6.05. The summed E-state index contributed by atoms with van der Waals surface area (Å²) in [5, 5.41) is 0. The van der Waals surface area contributed by atoms with Crippen molar-refractivity contribution in [3.05, 3.63) is 34.8 Å². The fourth-order valence-electron chi connectivity index (χ4n) is 0.647. The van der Waals surface area contributed by atoms with Crippen LogP contribution in [0.4, 0.5) is 0 Å². The maximum absolute atomic E-state index is 2.19. The Morgan fingerprint density at radius 1 is 1.27 bits per heavy atom. The van der Waals surface area contributed by atoms with Crippen LogP contribution in [-0.2, 0) is 0 Å². The van der Waals surface area contributed by atoms with Crippen LogP contribution in [0.2, 0.25) is 0 Å². The van der Waals surface area contributed by atoms with Crippen LogP contribution in [0, 0.1) is 0 Å². The second kappa shape index (κ2) is 6.29. The first-order chi connectivity index (χ1) is 5.24. The molecule has 0 rings (SSSR count). The molecule has 0 aliphatic rings. The number of allylic oxidation sites excluding steroid dienone is 5. The van der Waals surface area contributed by atoms with Gasteiger partial charge < -0.3 is 0 Å². The molecule has 0 amide bonds. The van der Waals surface area contributed by atoms with Gasteiger partial charge in [0.05, 0.1) is 0 Å². The van der Waals surface area contributed by atoms with Gasteiger partial charge in [-0.1, -0.05) is 23.8 Å². The summed E-state index contributed by atoms with van der Waals surface area (Å²) >= 11 is 1.77. The van der Waals surface area contributed by atoms with Crippen molar-refractivity contribution in [2.24, 2.45) is 0 Å². The van der Waals surface area contributed by atoms with Gasteiger partial charge in [0.25, 0.3) is 0 Å². The molecule has 0 nitrogen and oxygen atoms in total. The number of hydrogen-bond donors (Lipinski definition) is 0. The summed E-state index contributed by atoms with van der Waals surface area (Å²) in [6, 6.07) is 0. The number of rotatable bonds is 3. The zero-order valence-corrected chi connectivity index (χ0v) is 8.53. The standard InChI is InChI=1S/C10H16S/c1-5-7-10(11-4)8-9(3)6-2/h5-8H,1-4H3/b7-5-,9-6+,10-8+. The predicted molar refractivity (Wildman–Crippen MR) is 55.8 cm³/mol. The molecule has 0 N–H and O–H groups in total. The van der Waals surface area contributed by atoms with Crippen LogP contribution in [0.25, 0.3) is 0 Å². The van der Waals surface area contributed by atoms with E-state index >= 15 is 0 Å². The molecule has 0 bridgehead atoms. The van der Waals surface area contributed by atoms with Crippen molar-refractivity contribution in [2.45, 2.75) is 20.8 Å². The Balaban J connectivity index is 4.35. The van der Waals surface area contributed by atoms with E-state index in [2.05, 4.69) is 44.4 Å². The van der Waals surface area contributed by atoms with E-state index in [1.54, 1.807) is 11.8 Å².